The van der Waals surface area contributed by atoms with Crippen LogP contribution in [-0.4, -0.2) is 10.9 Å². The van der Waals surface area contributed by atoms with Crippen molar-refractivity contribution in [3.05, 3.63) is 35.9 Å². The van der Waals surface area contributed by atoms with Gasteiger partial charge in [0.1, 0.15) is 5.40 Å². The Kier molecular flexibility index (Phi) is 3.99. The first-order valence-electron chi connectivity index (χ1n) is 4.51. The van der Waals surface area contributed by atoms with Gasteiger partial charge in [-0.05, 0) is 23.7 Å². The first-order valence-corrected chi connectivity index (χ1v) is 5.50. The Morgan fingerprint density at radius 2 is 2.07 bits per heavy atom. The second-order valence-electron chi connectivity index (χ2n) is 3.13. The van der Waals surface area contributed by atoms with Gasteiger partial charge in [-0.25, -0.2) is 0 Å². The lowest BCUT2D eigenvalue weighted by Gasteiger charge is -2.25. The number of aliphatic hydroxyl groups is 1. The number of hydrogen-bond acceptors (Lipinski definition) is 3. The first-order chi connectivity index (χ1) is 6.73. The molecular formula is C11H13NOS. The summed E-state index contributed by atoms with van der Waals surface area (Å²) in [5.74, 6) is 0.421. The van der Waals surface area contributed by atoms with Crippen LogP contribution < -0.4 is 0 Å². The van der Waals surface area contributed by atoms with E-state index in [1.165, 1.54) is 0 Å². The average Bonchev–Trinajstić information content (AvgIpc) is 2.27. The highest BCUT2D eigenvalue weighted by atomic mass is 32.2. The molecule has 1 aromatic rings. The Morgan fingerprint density at radius 3 is 2.57 bits per heavy atom. The molecule has 0 spiro atoms. The third-order valence-corrected chi connectivity index (χ3v) is 3.02. The SMILES string of the molecule is CCC(O)(CSC#N)c1ccccc1. The quantitative estimate of drug-likeness (QED) is 0.771. The maximum Gasteiger partial charge on any atom is 0.133 e. The fourth-order valence-electron chi connectivity index (χ4n) is 1.29. The van der Waals surface area contributed by atoms with Crippen LogP contribution in [0.3, 0.4) is 0 Å². The predicted octanol–water partition coefficient (Wildman–Crippen LogP) is 2.50. The lowest BCUT2D eigenvalue weighted by Crippen LogP contribution is -2.27. The van der Waals surface area contributed by atoms with Crippen molar-refractivity contribution in [1.82, 2.24) is 0 Å². The number of nitrogens with zero attached hydrogens (tertiary/aromatic N) is 1. The third kappa shape index (κ3) is 2.50. The van der Waals surface area contributed by atoms with Crippen LogP contribution in [0.15, 0.2) is 30.3 Å². The molecule has 1 unspecified atom stereocenters. The van der Waals surface area contributed by atoms with Crippen molar-refractivity contribution in [3.63, 3.8) is 0 Å². The fraction of sp³-hybridized carbons (Fsp3) is 0.364. The van der Waals surface area contributed by atoms with E-state index in [0.717, 1.165) is 17.3 Å². The van der Waals surface area contributed by atoms with Crippen LogP contribution in [0.25, 0.3) is 0 Å². The molecule has 2 nitrogen and oxygen atoms in total. The maximum absolute atomic E-state index is 10.3. The molecule has 1 aromatic carbocycles. The fourth-order valence-corrected chi connectivity index (χ4v) is 1.96. The average molecular weight is 207 g/mol. The van der Waals surface area contributed by atoms with Gasteiger partial charge in [-0.15, -0.1) is 0 Å². The van der Waals surface area contributed by atoms with E-state index in [9.17, 15) is 5.11 Å². The van der Waals surface area contributed by atoms with E-state index >= 15 is 0 Å². The number of rotatable bonds is 4. The zero-order valence-corrected chi connectivity index (χ0v) is 8.92. The summed E-state index contributed by atoms with van der Waals surface area (Å²) in [4.78, 5) is 0. The largest absolute Gasteiger partial charge is 0.384 e. The normalized spacial score (nSPS) is 14.4. The predicted molar refractivity (Wildman–Crippen MR) is 58.7 cm³/mol. The van der Waals surface area contributed by atoms with Crippen molar-refractivity contribution in [3.8, 4) is 5.40 Å². The van der Waals surface area contributed by atoms with Crippen molar-refractivity contribution in [2.24, 2.45) is 0 Å². The van der Waals surface area contributed by atoms with E-state index in [-0.39, 0.29) is 0 Å². The summed E-state index contributed by atoms with van der Waals surface area (Å²) in [6.45, 7) is 1.92. The summed E-state index contributed by atoms with van der Waals surface area (Å²) in [7, 11) is 0. The van der Waals surface area contributed by atoms with Gasteiger partial charge < -0.3 is 5.11 Å². The summed E-state index contributed by atoms with van der Waals surface area (Å²) < 4.78 is 0. The summed E-state index contributed by atoms with van der Waals surface area (Å²) in [6.07, 6.45) is 0.617. The van der Waals surface area contributed by atoms with Crippen molar-refractivity contribution in [1.29, 1.82) is 5.26 Å². The number of hydrogen-bond donors (Lipinski definition) is 1. The van der Waals surface area contributed by atoms with E-state index in [4.69, 9.17) is 5.26 Å². The molecule has 0 heterocycles. The smallest absolute Gasteiger partial charge is 0.133 e. The van der Waals surface area contributed by atoms with Crippen molar-refractivity contribution in [2.75, 3.05) is 5.75 Å². The Hall–Kier alpha value is -0.980. The standard InChI is InChI=1S/C11H13NOS/c1-2-11(13,8-14-9-12)10-6-4-3-5-7-10/h3-7,13H,2,8H2,1H3. The van der Waals surface area contributed by atoms with E-state index < -0.39 is 5.60 Å². The highest BCUT2D eigenvalue weighted by molar-refractivity contribution is 8.03. The van der Waals surface area contributed by atoms with Crippen LogP contribution in [0.5, 0.6) is 0 Å². The molecule has 74 valence electrons. The second kappa shape index (κ2) is 5.04. The van der Waals surface area contributed by atoms with Gasteiger partial charge >= 0.3 is 0 Å². The van der Waals surface area contributed by atoms with E-state index in [0.29, 0.717) is 12.2 Å². The molecule has 0 fully saturated rings. The Morgan fingerprint density at radius 1 is 1.43 bits per heavy atom. The zero-order valence-electron chi connectivity index (χ0n) is 8.10. The second-order valence-corrected chi connectivity index (χ2v) is 3.89. The zero-order chi connectivity index (χ0) is 10.4. The van der Waals surface area contributed by atoms with Gasteiger partial charge in [0, 0.05) is 5.75 Å². The van der Waals surface area contributed by atoms with Crippen LogP contribution in [0.4, 0.5) is 0 Å². The van der Waals surface area contributed by atoms with Gasteiger partial charge in [0.2, 0.25) is 0 Å². The molecule has 0 saturated heterocycles. The minimum absolute atomic E-state index is 0.421. The van der Waals surface area contributed by atoms with Crippen LogP contribution in [-0.2, 0) is 5.60 Å². The number of thiocyanates is 1. The molecule has 0 aliphatic rings. The van der Waals surface area contributed by atoms with E-state index in [1.54, 1.807) is 0 Å². The molecule has 1 atom stereocenters. The number of benzene rings is 1. The van der Waals surface area contributed by atoms with Crippen LogP contribution >= 0.6 is 11.8 Å². The molecular weight excluding hydrogens is 194 g/mol. The molecule has 1 N–H and O–H groups in total. The van der Waals surface area contributed by atoms with Gasteiger partial charge in [0.05, 0.1) is 5.60 Å². The Labute approximate surface area is 88.6 Å². The summed E-state index contributed by atoms with van der Waals surface area (Å²) in [5.41, 5.74) is 0.00650. The Bertz CT molecular complexity index is 320. The van der Waals surface area contributed by atoms with Gasteiger partial charge in [-0.3, -0.25) is 0 Å². The summed E-state index contributed by atoms with van der Waals surface area (Å²) in [6, 6.07) is 9.49. The topological polar surface area (TPSA) is 44.0 Å². The lowest BCUT2D eigenvalue weighted by molar-refractivity contribution is 0.0585. The minimum atomic E-state index is -0.873. The molecule has 0 aliphatic carbocycles. The van der Waals surface area contributed by atoms with Gasteiger partial charge in [0.15, 0.2) is 0 Å². The van der Waals surface area contributed by atoms with E-state index in [2.05, 4.69) is 0 Å². The van der Waals surface area contributed by atoms with Crippen LogP contribution in [0.1, 0.15) is 18.9 Å². The number of nitriles is 1. The van der Waals surface area contributed by atoms with Gasteiger partial charge in [-0.2, -0.15) is 5.26 Å². The molecule has 0 aliphatic heterocycles. The minimum Gasteiger partial charge on any atom is -0.384 e. The van der Waals surface area contributed by atoms with Crippen LogP contribution in [0, 0.1) is 10.7 Å². The molecule has 0 radical (unpaired) electrons. The van der Waals surface area contributed by atoms with Gasteiger partial charge in [-0.1, -0.05) is 37.3 Å². The molecule has 0 bridgehead atoms. The molecule has 0 amide bonds. The monoisotopic (exact) mass is 207 g/mol. The lowest BCUT2D eigenvalue weighted by atomic mass is 9.93. The molecule has 0 aromatic heterocycles. The van der Waals surface area contributed by atoms with Gasteiger partial charge in [0.25, 0.3) is 0 Å². The molecule has 1 rings (SSSR count). The van der Waals surface area contributed by atoms with Crippen molar-refractivity contribution >= 4 is 11.8 Å². The number of thioether (sulfide) groups is 1. The first kappa shape index (κ1) is 11.1. The molecule has 3 heteroatoms. The highest BCUT2D eigenvalue weighted by Crippen LogP contribution is 2.28. The van der Waals surface area contributed by atoms with Crippen molar-refractivity contribution in [2.45, 2.75) is 18.9 Å². The van der Waals surface area contributed by atoms with E-state index in [1.807, 2.05) is 42.7 Å². The summed E-state index contributed by atoms with van der Waals surface area (Å²) in [5, 5.41) is 20.7. The Balaban J connectivity index is 2.85. The summed E-state index contributed by atoms with van der Waals surface area (Å²) >= 11 is 1.09. The highest BCUT2D eigenvalue weighted by Gasteiger charge is 2.26. The molecule has 14 heavy (non-hydrogen) atoms. The molecule has 0 saturated carbocycles. The van der Waals surface area contributed by atoms with Crippen molar-refractivity contribution < 1.29 is 5.11 Å². The van der Waals surface area contributed by atoms with Crippen LogP contribution in [0.2, 0.25) is 0 Å². The maximum atomic E-state index is 10.3. The third-order valence-electron chi connectivity index (χ3n) is 2.27.